The Hall–Kier alpha value is -1.75. The van der Waals surface area contributed by atoms with E-state index in [0.717, 1.165) is 6.42 Å². The van der Waals surface area contributed by atoms with Crippen LogP contribution in [0.25, 0.3) is 0 Å². The summed E-state index contributed by atoms with van der Waals surface area (Å²) < 4.78 is 5.08. The number of rotatable bonds is 7. The summed E-state index contributed by atoms with van der Waals surface area (Å²) in [4.78, 5) is 11.7. The van der Waals surface area contributed by atoms with Crippen LogP contribution in [0.5, 0.6) is 5.75 Å². The van der Waals surface area contributed by atoms with Crippen molar-refractivity contribution < 1.29 is 14.6 Å². The molecule has 1 rings (SSSR count). The van der Waals surface area contributed by atoms with E-state index in [4.69, 9.17) is 9.84 Å². The second kappa shape index (κ2) is 8.37. The molecule has 0 saturated heterocycles. The standard InChI is InChI=1S/C14H22N2O3/c1-3-11(7-8-17)10-15-14(18)16-12-5-4-6-13(9-12)19-2/h4-6,9,11,17H,3,7-8,10H2,1-2H3,(H2,15,16,18). The van der Waals surface area contributed by atoms with Crippen LogP contribution in [0.1, 0.15) is 19.8 Å². The van der Waals surface area contributed by atoms with Gasteiger partial charge in [0.1, 0.15) is 5.75 Å². The maximum Gasteiger partial charge on any atom is 0.319 e. The molecule has 5 nitrogen and oxygen atoms in total. The van der Waals surface area contributed by atoms with Crippen molar-refractivity contribution in [3.63, 3.8) is 0 Å². The second-order valence-electron chi connectivity index (χ2n) is 4.35. The fourth-order valence-corrected chi connectivity index (χ4v) is 1.75. The average Bonchev–Trinajstić information content (AvgIpc) is 2.43. The molecular formula is C14H22N2O3. The second-order valence-corrected chi connectivity index (χ2v) is 4.35. The number of nitrogens with one attached hydrogen (secondary N) is 2. The van der Waals surface area contributed by atoms with Gasteiger partial charge in [-0.1, -0.05) is 19.4 Å². The molecule has 0 aliphatic heterocycles. The molecule has 0 aliphatic rings. The molecule has 5 heteroatoms. The first-order valence-electron chi connectivity index (χ1n) is 6.49. The number of anilines is 1. The molecule has 1 aromatic rings. The third-order valence-corrected chi connectivity index (χ3v) is 2.99. The quantitative estimate of drug-likeness (QED) is 0.708. The number of carbonyl (C=O) groups is 1. The number of hydrogen-bond donors (Lipinski definition) is 3. The summed E-state index contributed by atoms with van der Waals surface area (Å²) in [6, 6.07) is 6.94. The van der Waals surface area contributed by atoms with Gasteiger partial charge in [-0.25, -0.2) is 4.79 Å². The Bertz CT molecular complexity index is 396. The first-order valence-corrected chi connectivity index (χ1v) is 6.49. The summed E-state index contributed by atoms with van der Waals surface area (Å²) in [7, 11) is 1.58. The van der Waals surface area contributed by atoms with Gasteiger partial charge in [0, 0.05) is 24.9 Å². The van der Waals surface area contributed by atoms with E-state index in [1.165, 1.54) is 0 Å². The molecule has 106 valence electrons. The first kappa shape index (κ1) is 15.3. The van der Waals surface area contributed by atoms with Gasteiger partial charge in [0.15, 0.2) is 0 Å². The van der Waals surface area contributed by atoms with Gasteiger partial charge in [-0.3, -0.25) is 0 Å². The van der Waals surface area contributed by atoms with Crippen LogP contribution in [0.4, 0.5) is 10.5 Å². The highest BCUT2D eigenvalue weighted by Crippen LogP contribution is 2.16. The third kappa shape index (κ3) is 5.61. The third-order valence-electron chi connectivity index (χ3n) is 2.99. The van der Waals surface area contributed by atoms with Gasteiger partial charge >= 0.3 is 6.03 Å². The van der Waals surface area contributed by atoms with Crippen LogP contribution in [-0.4, -0.2) is 31.4 Å². The van der Waals surface area contributed by atoms with E-state index in [0.29, 0.717) is 30.3 Å². The van der Waals surface area contributed by atoms with E-state index >= 15 is 0 Å². The van der Waals surface area contributed by atoms with Gasteiger partial charge in [0.25, 0.3) is 0 Å². The van der Waals surface area contributed by atoms with Crippen LogP contribution < -0.4 is 15.4 Å². The van der Waals surface area contributed by atoms with Crippen LogP contribution in [0.15, 0.2) is 24.3 Å². The lowest BCUT2D eigenvalue weighted by Gasteiger charge is -2.15. The van der Waals surface area contributed by atoms with Crippen molar-refractivity contribution in [3.8, 4) is 5.75 Å². The molecule has 0 heterocycles. The van der Waals surface area contributed by atoms with E-state index < -0.39 is 0 Å². The monoisotopic (exact) mass is 266 g/mol. The van der Waals surface area contributed by atoms with Crippen LogP contribution in [0.2, 0.25) is 0 Å². The van der Waals surface area contributed by atoms with Crippen LogP contribution in [0, 0.1) is 5.92 Å². The normalized spacial score (nSPS) is 11.7. The molecule has 0 spiro atoms. The van der Waals surface area contributed by atoms with Crippen LogP contribution in [0.3, 0.4) is 0 Å². The summed E-state index contributed by atoms with van der Waals surface area (Å²) in [6.45, 7) is 2.76. The molecule has 19 heavy (non-hydrogen) atoms. The number of amides is 2. The number of urea groups is 1. The Morgan fingerprint density at radius 1 is 1.47 bits per heavy atom. The molecule has 1 unspecified atom stereocenters. The van der Waals surface area contributed by atoms with Crippen molar-refractivity contribution in [1.82, 2.24) is 5.32 Å². The topological polar surface area (TPSA) is 70.6 Å². The smallest absolute Gasteiger partial charge is 0.319 e. The van der Waals surface area contributed by atoms with Crippen LogP contribution >= 0.6 is 0 Å². The summed E-state index contributed by atoms with van der Waals surface area (Å²) in [5, 5.41) is 14.4. The molecule has 0 fully saturated rings. The maximum absolute atomic E-state index is 11.7. The zero-order valence-corrected chi connectivity index (χ0v) is 11.5. The molecule has 0 aromatic heterocycles. The Morgan fingerprint density at radius 2 is 2.26 bits per heavy atom. The Morgan fingerprint density at radius 3 is 2.89 bits per heavy atom. The van der Waals surface area contributed by atoms with E-state index in [1.807, 2.05) is 19.1 Å². The van der Waals surface area contributed by atoms with Gasteiger partial charge in [-0.15, -0.1) is 0 Å². The lowest BCUT2D eigenvalue weighted by molar-refractivity contribution is 0.238. The number of ether oxygens (including phenoxy) is 1. The summed E-state index contributed by atoms with van der Waals surface area (Å²) in [5.74, 6) is 1.01. The van der Waals surface area contributed by atoms with Crippen molar-refractivity contribution in [2.45, 2.75) is 19.8 Å². The Kier molecular flexibility index (Phi) is 6.74. The zero-order chi connectivity index (χ0) is 14.1. The van der Waals surface area contributed by atoms with Crippen molar-refractivity contribution in [2.75, 3.05) is 25.6 Å². The maximum atomic E-state index is 11.7. The molecule has 0 aliphatic carbocycles. The zero-order valence-electron chi connectivity index (χ0n) is 11.5. The Labute approximate surface area is 114 Å². The number of hydrogen-bond acceptors (Lipinski definition) is 3. The summed E-state index contributed by atoms with van der Waals surface area (Å²) >= 11 is 0. The van der Waals surface area contributed by atoms with E-state index in [-0.39, 0.29) is 12.6 Å². The minimum atomic E-state index is -0.246. The molecule has 2 amide bonds. The fourth-order valence-electron chi connectivity index (χ4n) is 1.75. The number of benzene rings is 1. The van der Waals surface area contributed by atoms with E-state index in [9.17, 15) is 4.79 Å². The average molecular weight is 266 g/mol. The molecular weight excluding hydrogens is 244 g/mol. The number of methoxy groups -OCH3 is 1. The first-order chi connectivity index (χ1) is 9.19. The molecule has 0 radical (unpaired) electrons. The number of aliphatic hydroxyl groups excluding tert-OH is 1. The highest BCUT2D eigenvalue weighted by atomic mass is 16.5. The molecule has 1 atom stereocenters. The molecule has 0 bridgehead atoms. The molecule has 0 saturated carbocycles. The summed E-state index contributed by atoms with van der Waals surface area (Å²) in [6.07, 6.45) is 1.63. The molecule has 3 N–H and O–H groups in total. The van der Waals surface area contributed by atoms with Gasteiger partial charge in [-0.05, 0) is 24.5 Å². The summed E-state index contributed by atoms with van der Waals surface area (Å²) in [5.41, 5.74) is 0.687. The van der Waals surface area contributed by atoms with Gasteiger partial charge in [0.05, 0.1) is 7.11 Å². The molecule has 1 aromatic carbocycles. The fraction of sp³-hybridized carbons (Fsp3) is 0.500. The van der Waals surface area contributed by atoms with Gasteiger partial charge in [0.2, 0.25) is 0 Å². The lowest BCUT2D eigenvalue weighted by atomic mass is 10.0. The largest absolute Gasteiger partial charge is 0.497 e. The van der Waals surface area contributed by atoms with Crippen molar-refractivity contribution in [2.24, 2.45) is 5.92 Å². The van der Waals surface area contributed by atoms with Crippen molar-refractivity contribution in [3.05, 3.63) is 24.3 Å². The van der Waals surface area contributed by atoms with Gasteiger partial charge in [-0.2, -0.15) is 0 Å². The van der Waals surface area contributed by atoms with Crippen LogP contribution in [-0.2, 0) is 0 Å². The Balaban J connectivity index is 2.41. The number of carbonyl (C=O) groups excluding carboxylic acids is 1. The van der Waals surface area contributed by atoms with Crippen molar-refractivity contribution in [1.29, 1.82) is 0 Å². The minimum absolute atomic E-state index is 0.150. The van der Waals surface area contributed by atoms with E-state index in [2.05, 4.69) is 10.6 Å². The highest BCUT2D eigenvalue weighted by Gasteiger charge is 2.08. The van der Waals surface area contributed by atoms with E-state index in [1.54, 1.807) is 19.2 Å². The number of aliphatic hydroxyl groups is 1. The SMILES string of the molecule is CCC(CCO)CNC(=O)Nc1cccc(OC)c1. The minimum Gasteiger partial charge on any atom is -0.497 e. The predicted octanol–water partition coefficient (Wildman–Crippen LogP) is 2.23. The highest BCUT2D eigenvalue weighted by molar-refractivity contribution is 5.89. The van der Waals surface area contributed by atoms with Crippen molar-refractivity contribution >= 4 is 11.7 Å². The van der Waals surface area contributed by atoms with Gasteiger partial charge < -0.3 is 20.5 Å². The lowest BCUT2D eigenvalue weighted by Crippen LogP contribution is -2.33. The predicted molar refractivity (Wildman–Crippen MR) is 75.5 cm³/mol.